The molecule has 3 rings (SSSR count). The highest BCUT2D eigenvalue weighted by molar-refractivity contribution is 7.09. The van der Waals surface area contributed by atoms with Crippen molar-refractivity contribution in [3.05, 3.63) is 34.5 Å². The van der Waals surface area contributed by atoms with Gasteiger partial charge in [-0.15, -0.1) is 21.5 Å². The van der Waals surface area contributed by atoms with Crippen LogP contribution in [0.3, 0.4) is 0 Å². The molecule has 0 aliphatic carbocycles. The van der Waals surface area contributed by atoms with Gasteiger partial charge < -0.3 is 19.5 Å². The minimum Gasteiger partial charge on any atom is -0.376 e. The first kappa shape index (κ1) is 16.9. The minimum absolute atomic E-state index is 0.0930. The van der Waals surface area contributed by atoms with E-state index in [-0.39, 0.29) is 12.1 Å². The molecule has 1 aliphatic rings. The zero-order valence-electron chi connectivity index (χ0n) is 13.9. The Morgan fingerprint density at radius 3 is 3.21 bits per heavy atom. The van der Waals surface area contributed by atoms with Crippen LogP contribution in [0.2, 0.25) is 0 Å². The lowest BCUT2D eigenvalue weighted by Gasteiger charge is -2.25. The lowest BCUT2D eigenvalue weighted by atomic mass is 10.2. The normalized spacial score (nSPS) is 17.1. The first-order valence-electron chi connectivity index (χ1n) is 8.29. The zero-order valence-corrected chi connectivity index (χ0v) is 14.7. The molecule has 1 N–H and O–H groups in total. The molecule has 1 aliphatic heterocycles. The van der Waals surface area contributed by atoms with Crippen molar-refractivity contribution in [2.45, 2.75) is 45.5 Å². The van der Waals surface area contributed by atoms with E-state index in [9.17, 15) is 4.79 Å². The summed E-state index contributed by atoms with van der Waals surface area (Å²) >= 11 is 1.66. The van der Waals surface area contributed by atoms with Gasteiger partial charge in [0.1, 0.15) is 6.33 Å². The van der Waals surface area contributed by atoms with E-state index < -0.39 is 0 Å². The van der Waals surface area contributed by atoms with E-state index in [1.807, 2.05) is 33.9 Å². The van der Waals surface area contributed by atoms with Gasteiger partial charge in [0.25, 0.3) is 0 Å². The van der Waals surface area contributed by atoms with Crippen molar-refractivity contribution in [3.63, 3.8) is 0 Å². The van der Waals surface area contributed by atoms with Crippen molar-refractivity contribution in [2.24, 2.45) is 0 Å². The maximum Gasteiger partial charge on any atom is 0.318 e. The van der Waals surface area contributed by atoms with E-state index in [4.69, 9.17) is 4.74 Å². The standard InChI is InChI=1S/C16H23N5O2S/c1-2-20-12-18-19-15(20)9-17-16(22)21(10-13-5-3-7-23-13)11-14-6-4-8-24-14/h4,6,8,12-13H,2-3,5,7,9-11H2,1H3,(H,17,22)/t13-/m1/s1. The monoisotopic (exact) mass is 349 g/mol. The molecular weight excluding hydrogens is 326 g/mol. The number of ether oxygens (including phenoxy) is 1. The summed E-state index contributed by atoms with van der Waals surface area (Å²) in [6.07, 6.45) is 3.89. The fourth-order valence-corrected chi connectivity index (χ4v) is 3.51. The van der Waals surface area contributed by atoms with Gasteiger partial charge in [-0.3, -0.25) is 0 Å². The number of thiophene rings is 1. The predicted molar refractivity (Wildman–Crippen MR) is 91.6 cm³/mol. The second-order valence-electron chi connectivity index (χ2n) is 5.79. The topological polar surface area (TPSA) is 72.3 Å². The molecule has 0 bridgehead atoms. The van der Waals surface area contributed by atoms with Gasteiger partial charge in [0.05, 0.1) is 19.2 Å². The van der Waals surface area contributed by atoms with Gasteiger partial charge in [-0.05, 0) is 31.2 Å². The summed E-state index contributed by atoms with van der Waals surface area (Å²) < 4.78 is 7.62. The van der Waals surface area contributed by atoms with Gasteiger partial charge in [0.15, 0.2) is 5.82 Å². The third kappa shape index (κ3) is 4.33. The van der Waals surface area contributed by atoms with Crippen molar-refractivity contribution in [3.8, 4) is 0 Å². The largest absolute Gasteiger partial charge is 0.376 e. The van der Waals surface area contributed by atoms with Crippen LogP contribution in [0.4, 0.5) is 4.79 Å². The number of nitrogens with one attached hydrogen (secondary N) is 1. The number of hydrogen-bond acceptors (Lipinski definition) is 5. The number of carbonyl (C=O) groups excluding carboxylic acids is 1. The average Bonchev–Trinajstić information content (AvgIpc) is 3.34. The number of hydrogen-bond donors (Lipinski definition) is 1. The van der Waals surface area contributed by atoms with Gasteiger partial charge in [0, 0.05) is 24.6 Å². The fourth-order valence-electron chi connectivity index (χ4n) is 2.79. The Morgan fingerprint density at radius 2 is 2.50 bits per heavy atom. The van der Waals surface area contributed by atoms with Crippen molar-refractivity contribution in [1.82, 2.24) is 25.0 Å². The number of nitrogens with zero attached hydrogens (tertiary/aromatic N) is 4. The van der Waals surface area contributed by atoms with Crippen LogP contribution in [0.5, 0.6) is 0 Å². The molecule has 1 saturated heterocycles. The van der Waals surface area contributed by atoms with Crippen LogP contribution in [0.1, 0.15) is 30.5 Å². The SMILES string of the molecule is CCn1cnnc1CNC(=O)N(Cc1cccs1)C[C@H]1CCCO1. The van der Waals surface area contributed by atoms with Gasteiger partial charge in [-0.25, -0.2) is 4.79 Å². The van der Waals surface area contributed by atoms with Crippen molar-refractivity contribution in [1.29, 1.82) is 0 Å². The van der Waals surface area contributed by atoms with Crippen LogP contribution >= 0.6 is 11.3 Å². The maximum absolute atomic E-state index is 12.7. The fraction of sp³-hybridized carbons (Fsp3) is 0.562. The molecule has 1 atom stereocenters. The Bertz CT molecular complexity index is 637. The summed E-state index contributed by atoms with van der Waals surface area (Å²) in [6, 6.07) is 3.96. The third-order valence-electron chi connectivity index (χ3n) is 4.10. The Kier molecular flexibility index (Phi) is 5.81. The smallest absolute Gasteiger partial charge is 0.318 e. The van der Waals surface area contributed by atoms with Crippen LogP contribution < -0.4 is 5.32 Å². The molecule has 8 heteroatoms. The molecule has 2 aromatic rings. The number of aryl methyl sites for hydroxylation is 1. The van der Waals surface area contributed by atoms with Crippen LogP contribution in [-0.2, 0) is 24.4 Å². The molecule has 1 fully saturated rings. The van der Waals surface area contributed by atoms with Crippen LogP contribution in [0, 0.1) is 0 Å². The molecule has 0 unspecified atom stereocenters. The maximum atomic E-state index is 12.7. The van der Waals surface area contributed by atoms with E-state index in [1.165, 1.54) is 4.88 Å². The average molecular weight is 349 g/mol. The second-order valence-corrected chi connectivity index (χ2v) is 6.82. The molecule has 7 nitrogen and oxygen atoms in total. The van der Waals surface area contributed by atoms with Gasteiger partial charge in [0.2, 0.25) is 0 Å². The molecule has 0 radical (unpaired) electrons. The van der Waals surface area contributed by atoms with E-state index in [0.29, 0.717) is 19.6 Å². The quantitative estimate of drug-likeness (QED) is 0.832. The zero-order chi connectivity index (χ0) is 16.8. The summed E-state index contributed by atoms with van der Waals surface area (Å²) in [5.74, 6) is 0.763. The number of rotatable bonds is 7. The van der Waals surface area contributed by atoms with Crippen LogP contribution in [0.15, 0.2) is 23.8 Å². The Labute approximate surface area is 145 Å². The second kappa shape index (κ2) is 8.25. The van der Waals surface area contributed by atoms with Crippen LogP contribution in [-0.4, -0.2) is 45.0 Å². The summed E-state index contributed by atoms with van der Waals surface area (Å²) in [5.41, 5.74) is 0. The molecule has 2 aromatic heterocycles. The molecule has 130 valence electrons. The Hall–Kier alpha value is -1.93. The molecule has 0 aromatic carbocycles. The summed E-state index contributed by atoms with van der Waals surface area (Å²) in [5, 5.41) is 12.9. The number of amides is 2. The van der Waals surface area contributed by atoms with Gasteiger partial charge >= 0.3 is 6.03 Å². The van der Waals surface area contributed by atoms with Crippen molar-refractivity contribution >= 4 is 17.4 Å². The Morgan fingerprint density at radius 1 is 1.58 bits per heavy atom. The van der Waals surface area contributed by atoms with Gasteiger partial charge in [-0.2, -0.15) is 0 Å². The number of aromatic nitrogens is 3. The highest BCUT2D eigenvalue weighted by Gasteiger charge is 2.23. The molecule has 0 saturated carbocycles. The van der Waals surface area contributed by atoms with E-state index >= 15 is 0 Å². The van der Waals surface area contributed by atoms with E-state index in [2.05, 4.69) is 15.5 Å². The lowest BCUT2D eigenvalue weighted by molar-refractivity contribution is 0.0796. The molecule has 24 heavy (non-hydrogen) atoms. The highest BCUT2D eigenvalue weighted by Crippen LogP contribution is 2.17. The van der Waals surface area contributed by atoms with E-state index in [1.54, 1.807) is 17.7 Å². The van der Waals surface area contributed by atoms with Crippen molar-refractivity contribution < 1.29 is 9.53 Å². The summed E-state index contributed by atoms with van der Waals surface area (Å²) in [7, 11) is 0. The molecule has 2 amide bonds. The first-order chi connectivity index (χ1) is 11.8. The summed E-state index contributed by atoms with van der Waals surface area (Å²) in [4.78, 5) is 15.7. The summed E-state index contributed by atoms with van der Waals surface area (Å²) in [6.45, 7) is 5.19. The third-order valence-corrected chi connectivity index (χ3v) is 4.96. The van der Waals surface area contributed by atoms with E-state index in [0.717, 1.165) is 31.8 Å². The van der Waals surface area contributed by atoms with Gasteiger partial charge in [-0.1, -0.05) is 6.07 Å². The molecule has 3 heterocycles. The predicted octanol–water partition coefficient (Wildman–Crippen LogP) is 2.25. The number of urea groups is 1. The minimum atomic E-state index is -0.0930. The highest BCUT2D eigenvalue weighted by atomic mass is 32.1. The number of carbonyl (C=O) groups is 1. The Balaban J connectivity index is 1.61. The first-order valence-corrected chi connectivity index (χ1v) is 9.17. The molecule has 0 spiro atoms. The van der Waals surface area contributed by atoms with Crippen molar-refractivity contribution in [2.75, 3.05) is 13.2 Å². The lowest BCUT2D eigenvalue weighted by Crippen LogP contribution is -2.43. The molecular formula is C16H23N5O2S. The van der Waals surface area contributed by atoms with Crippen LogP contribution in [0.25, 0.3) is 0 Å².